The van der Waals surface area contributed by atoms with Crippen molar-refractivity contribution in [3.8, 4) is 11.4 Å². The fourth-order valence-electron chi connectivity index (χ4n) is 2.35. The Hall–Kier alpha value is -2.71. The minimum atomic E-state index is 0.465. The predicted molar refractivity (Wildman–Crippen MR) is 97.7 cm³/mol. The van der Waals surface area contributed by atoms with Crippen LogP contribution in [0, 0.1) is 0 Å². The zero-order chi connectivity index (χ0) is 17.8. The van der Waals surface area contributed by atoms with E-state index in [1.807, 2.05) is 48.5 Å². The fourth-order valence-corrected chi connectivity index (χ4v) is 3.28. The van der Waals surface area contributed by atoms with Gasteiger partial charge in [0.1, 0.15) is 0 Å². The molecule has 0 saturated carbocycles. The van der Waals surface area contributed by atoms with E-state index in [1.165, 1.54) is 11.8 Å². The average molecular weight is 385 g/mol. The summed E-state index contributed by atoms with van der Waals surface area (Å²) in [6, 6.07) is 17.4. The molecule has 0 aliphatic rings. The van der Waals surface area contributed by atoms with E-state index in [2.05, 4.69) is 25.7 Å². The third-order valence-corrected chi connectivity index (χ3v) is 4.85. The van der Waals surface area contributed by atoms with Gasteiger partial charge in [-0.1, -0.05) is 71.0 Å². The molecule has 0 N–H and O–H groups in total. The summed E-state index contributed by atoms with van der Waals surface area (Å²) in [5.74, 6) is 1.42. The molecule has 2 aromatic heterocycles. The van der Waals surface area contributed by atoms with Crippen molar-refractivity contribution >= 4 is 23.4 Å². The number of nitrogens with zero attached hydrogens (tertiary/aromatic N) is 6. The molecule has 2 heterocycles. The van der Waals surface area contributed by atoms with Crippen molar-refractivity contribution in [1.29, 1.82) is 0 Å². The van der Waals surface area contributed by atoms with E-state index in [-0.39, 0.29) is 0 Å². The monoisotopic (exact) mass is 384 g/mol. The second-order valence-electron chi connectivity index (χ2n) is 5.38. The Morgan fingerprint density at radius 1 is 1.04 bits per heavy atom. The van der Waals surface area contributed by atoms with Gasteiger partial charge in [-0.2, -0.15) is 4.98 Å². The number of rotatable bonds is 6. The standard InChI is InChI=1S/C17H13ClN6OS/c18-14-9-5-4-8-13(14)16-19-15(25-21-16)11-26-17-20-22-23-24(17)10-12-6-2-1-3-7-12/h1-9H,10-11H2. The van der Waals surface area contributed by atoms with Gasteiger partial charge >= 0.3 is 0 Å². The molecule has 26 heavy (non-hydrogen) atoms. The Labute approximate surface area is 158 Å². The summed E-state index contributed by atoms with van der Waals surface area (Å²) in [6.07, 6.45) is 0. The van der Waals surface area contributed by atoms with Gasteiger partial charge in [0.05, 0.1) is 17.3 Å². The highest BCUT2D eigenvalue weighted by Gasteiger charge is 2.14. The molecular weight excluding hydrogens is 372 g/mol. The quantitative estimate of drug-likeness (QED) is 0.468. The maximum absolute atomic E-state index is 6.17. The van der Waals surface area contributed by atoms with E-state index >= 15 is 0 Å². The number of hydrogen-bond donors (Lipinski definition) is 0. The Morgan fingerprint density at radius 2 is 1.85 bits per heavy atom. The fraction of sp³-hybridized carbons (Fsp3) is 0.118. The first-order valence-electron chi connectivity index (χ1n) is 7.80. The Balaban J connectivity index is 1.44. The van der Waals surface area contributed by atoms with Crippen molar-refractivity contribution in [2.45, 2.75) is 17.5 Å². The van der Waals surface area contributed by atoms with Gasteiger partial charge in [-0.05, 0) is 28.1 Å². The molecular formula is C17H13ClN6OS. The van der Waals surface area contributed by atoms with E-state index < -0.39 is 0 Å². The zero-order valence-corrected chi connectivity index (χ0v) is 15.1. The molecule has 0 amide bonds. The Morgan fingerprint density at radius 3 is 2.69 bits per heavy atom. The van der Waals surface area contributed by atoms with Gasteiger partial charge in [0.15, 0.2) is 0 Å². The number of tetrazole rings is 1. The molecule has 0 aliphatic heterocycles. The summed E-state index contributed by atoms with van der Waals surface area (Å²) in [6.45, 7) is 0.602. The highest BCUT2D eigenvalue weighted by molar-refractivity contribution is 7.98. The first-order valence-corrected chi connectivity index (χ1v) is 9.16. The van der Waals surface area contributed by atoms with Gasteiger partial charge < -0.3 is 4.52 Å². The van der Waals surface area contributed by atoms with Crippen molar-refractivity contribution in [2.75, 3.05) is 0 Å². The molecule has 9 heteroatoms. The van der Waals surface area contributed by atoms with Gasteiger partial charge in [-0.25, -0.2) is 4.68 Å². The summed E-state index contributed by atoms with van der Waals surface area (Å²) in [4.78, 5) is 4.39. The van der Waals surface area contributed by atoms with Crippen LogP contribution in [0.2, 0.25) is 5.02 Å². The molecule has 0 atom stereocenters. The molecule has 130 valence electrons. The molecule has 0 aliphatic carbocycles. The van der Waals surface area contributed by atoms with Crippen LogP contribution in [-0.4, -0.2) is 30.3 Å². The van der Waals surface area contributed by atoms with E-state index in [0.717, 1.165) is 11.1 Å². The maximum Gasteiger partial charge on any atom is 0.237 e. The highest BCUT2D eigenvalue weighted by atomic mass is 35.5. The molecule has 0 spiro atoms. The van der Waals surface area contributed by atoms with Crippen molar-refractivity contribution in [2.24, 2.45) is 0 Å². The topological polar surface area (TPSA) is 82.5 Å². The highest BCUT2D eigenvalue weighted by Crippen LogP contribution is 2.26. The van der Waals surface area contributed by atoms with E-state index in [4.69, 9.17) is 16.1 Å². The zero-order valence-electron chi connectivity index (χ0n) is 13.5. The summed E-state index contributed by atoms with van der Waals surface area (Å²) in [5.41, 5.74) is 1.86. The minimum absolute atomic E-state index is 0.465. The lowest BCUT2D eigenvalue weighted by Crippen LogP contribution is -2.03. The van der Waals surface area contributed by atoms with Crippen molar-refractivity contribution in [3.05, 3.63) is 71.1 Å². The third-order valence-electron chi connectivity index (χ3n) is 3.58. The van der Waals surface area contributed by atoms with Crippen LogP contribution in [0.3, 0.4) is 0 Å². The molecule has 4 rings (SSSR count). The summed E-state index contributed by atoms with van der Waals surface area (Å²) in [5, 5.41) is 17.1. The van der Waals surface area contributed by atoms with Crippen LogP contribution in [0.15, 0.2) is 64.3 Å². The average Bonchev–Trinajstić information content (AvgIpc) is 3.31. The molecule has 0 unspecified atom stereocenters. The Bertz CT molecular complexity index is 1000. The molecule has 2 aromatic carbocycles. The SMILES string of the molecule is Clc1ccccc1-c1noc(CSc2nnnn2Cc2ccccc2)n1. The van der Waals surface area contributed by atoms with Crippen LogP contribution in [0.25, 0.3) is 11.4 Å². The molecule has 7 nitrogen and oxygen atoms in total. The smallest absolute Gasteiger partial charge is 0.237 e. The van der Waals surface area contributed by atoms with Crippen LogP contribution in [-0.2, 0) is 12.3 Å². The molecule has 0 saturated heterocycles. The minimum Gasteiger partial charge on any atom is -0.338 e. The number of hydrogen-bond acceptors (Lipinski definition) is 7. The van der Waals surface area contributed by atoms with Gasteiger partial charge in [0.2, 0.25) is 16.9 Å². The van der Waals surface area contributed by atoms with Gasteiger partial charge in [0, 0.05) is 5.56 Å². The van der Waals surface area contributed by atoms with E-state index in [9.17, 15) is 0 Å². The van der Waals surface area contributed by atoms with Crippen LogP contribution < -0.4 is 0 Å². The first-order chi connectivity index (χ1) is 12.8. The predicted octanol–water partition coefficient (Wildman–Crippen LogP) is 3.72. The van der Waals surface area contributed by atoms with Crippen LogP contribution in [0.4, 0.5) is 0 Å². The van der Waals surface area contributed by atoms with Gasteiger partial charge in [-0.15, -0.1) is 5.10 Å². The number of thioether (sulfide) groups is 1. The van der Waals surface area contributed by atoms with Crippen molar-refractivity contribution < 1.29 is 4.52 Å². The number of benzene rings is 2. The lowest BCUT2D eigenvalue weighted by Gasteiger charge is -2.03. The molecule has 0 radical (unpaired) electrons. The van der Waals surface area contributed by atoms with Gasteiger partial charge in [0.25, 0.3) is 0 Å². The number of halogens is 1. The maximum atomic E-state index is 6.17. The summed E-state index contributed by atoms with van der Waals surface area (Å²) >= 11 is 7.60. The largest absolute Gasteiger partial charge is 0.338 e. The van der Waals surface area contributed by atoms with E-state index in [1.54, 1.807) is 10.7 Å². The molecule has 0 fully saturated rings. The van der Waals surface area contributed by atoms with E-state index in [0.29, 0.717) is 34.2 Å². The summed E-state index contributed by atoms with van der Waals surface area (Å²) in [7, 11) is 0. The van der Waals surface area contributed by atoms with Crippen molar-refractivity contribution in [1.82, 2.24) is 30.3 Å². The van der Waals surface area contributed by atoms with Gasteiger partial charge in [-0.3, -0.25) is 0 Å². The van der Waals surface area contributed by atoms with Crippen LogP contribution in [0.1, 0.15) is 11.5 Å². The second-order valence-corrected chi connectivity index (χ2v) is 6.73. The molecule has 0 bridgehead atoms. The summed E-state index contributed by atoms with van der Waals surface area (Å²) < 4.78 is 7.05. The normalized spacial score (nSPS) is 11.0. The van der Waals surface area contributed by atoms with Crippen LogP contribution in [0.5, 0.6) is 0 Å². The van der Waals surface area contributed by atoms with Crippen LogP contribution >= 0.6 is 23.4 Å². The lowest BCUT2D eigenvalue weighted by atomic mass is 10.2. The second kappa shape index (κ2) is 7.67. The number of aromatic nitrogens is 6. The Kier molecular flexibility index (Phi) is 4.94. The first kappa shape index (κ1) is 16.7. The van der Waals surface area contributed by atoms with Crippen molar-refractivity contribution in [3.63, 3.8) is 0 Å². The third kappa shape index (κ3) is 3.76. The lowest BCUT2D eigenvalue weighted by molar-refractivity contribution is 0.391. The molecule has 4 aromatic rings.